The first-order chi connectivity index (χ1) is 8.99. The Morgan fingerprint density at radius 3 is 3.05 bits per heavy atom. The summed E-state index contributed by atoms with van der Waals surface area (Å²) in [5.74, 6) is -1.21. The monoisotopic (exact) mass is 289 g/mol. The molecule has 106 valence electrons. The molecule has 2 rings (SSSR count). The van der Waals surface area contributed by atoms with Gasteiger partial charge in [-0.2, -0.15) is 17.4 Å². The highest BCUT2D eigenvalue weighted by atomic mass is 32.2. The van der Waals surface area contributed by atoms with Crippen LogP contribution in [0.1, 0.15) is 18.6 Å². The Kier molecular flexibility index (Phi) is 4.17. The molecule has 1 aromatic rings. The van der Waals surface area contributed by atoms with E-state index in [-0.39, 0.29) is 13.1 Å². The molecule has 1 aromatic heterocycles. The van der Waals surface area contributed by atoms with Crippen LogP contribution >= 0.6 is 0 Å². The van der Waals surface area contributed by atoms with Gasteiger partial charge in [-0.1, -0.05) is 5.16 Å². The minimum absolute atomic E-state index is 0.00106. The van der Waals surface area contributed by atoms with Crippen LogP contribution < -0.4 is 4.72 Å². The van der Waals surface area contributed by atoms with Gasteiger partial charge in [-0.3, -0.25) is 4.79 Å². The maximum absolute atomic E-state index is 12.0. The van der Waals surface area contributed by atoms with Crippen molar-refractivity contribution < 1.29 is 22.8 Å². The molecule has 2 heterocycles. The molecule has 9 heteroatoms. The van der Waals surface area contributed by atoms with Gasteiger partial charge < -0.3 is 9.63 Å². The highest BCUT2D eigenvalue weighted by Crippen LogP contribution is 2.18. The number of nitrogens with one attached hydrogen (secondary N) is 1. The third-order valence-corrected chi connectivity index (χ3v) is 4.51. The van der Waals surface area contributed by atoms with Gasteiger partial charge in [0.05, 0.1) is 18.7 Å². The molecule has 0 aliphatic carbocycles. The molecule has 1 unspecified atom stereocenters. The first-order valence-electron chi connectivity index (χ1n) is 5.86. The predicted octanol–water partition coefficient (Wildman–Crippen LogP) is -0.194. The molecule has 0 aromatic carbocycles. The summed E-state index contributed by atoms with van der Waals surface area (Å²) in [6, 6.07) is 1.55. The fourth-order valence-corrected chi connectivity index (χ4v) is 3.20. The molecule has 8 nitrogen and oxygen atoms in total. The lowest BCUT2D eigenvalue weighted by atomic mass is 10.0. The van der Waals surface area contributed by atoms with E-state index in [1.54, 1.807) is 6.07 Å². The molecule has 1 atom stereocenters. The van der Waals surface area contributed by atoms with E-state index in [1.807, 2.05) is 0 Å². The summed E-state index contributed by atoms with van der Waals surface area (Å²) >= 11 is 0. The molecule has 1 aliphatic rings. The summed E-state index contributed by atoms with van der Waals surface area (Å²) in [5, 5.41) is 12.4. The molecule has 0 saturated carbocycles. The number of piperidine rings is 1. The Hall–Kier alpha value is -1.45. The average molecular weight is 289 g/mol. The molecule has 1 aliphatic heterocycles. The van der Waals surface area contributed by atoms with Gasteiger partial charge >= 0.3 is 5.97 Å². The molecular formula is C10H15N3O5S. The van der Waals surface area contributed by atoms with E-state index in [4.69, 9.17) is 9.63 Å². The molecule has 0 radical (unpaired) electrons. The van der Waals surface area contributed by atoms with Crippen LogP contribution in [0, 0.1) is 5.92 Å². The fraction of sp³-hybridized carbons (Fsp3) is 0.600. The second-order valence-electron chi connectivity index (χ2n) is 4.34. The number of carboxylic acid groups (broad SMARTS) is 1. The zero-order chi connectivity index (χ0) is 13.9. The highest BCUT2D eigenvalue weighted by molar-refractivity contribution is 7.87. The van der Waals surface area contributed by atoms with Crippen molar-refractivity contribution in [3.8, 4) is 0 Å². The summed E-state index contributed by atoms with van der Waals surface area (Å²) < 4.78 is 32.3. The Morgan fingerprint density at radius 2 is 2.42 bits per heavy atom. The highest BCUT2D eigenvalue weighted by Gasteiger charge is 2.32. The maximum atomic E-state index is 12.0. The van der Waals surface area contributed by atoms with Crippen LogP contribution in [0.4, 0.5) is 0 Å². The average Bonchev–Trinajstić information content (AvgIpc) is 2.90. The van der Waals surface area contributed by atoms with E-state index in [0.29, 0.717) is 25.1 Å². The van der Waals surface area contributed by atoms with E-state index >= 15 is 0 Å². The summed E-state index contributed by atoms with van der Waals surface area (Å²) in [5.41, 5.74) is 0. The van der Waals surface area contributed by atoms with E-state index in [9.17, 15) is 13.2 Å². The largest absolute Gasteiger partial charge is 0.481 e. The predicted molar refractivity (Wildman–Crippen MR) is 64.2 cm³/mol. The zero-order valence-corrected chi connectivity index (χ0v) is 11.0. The first-order valence-corrected chi connectivity index (χ1v) is 7.30. The van der Waals surface area contributed by atoms with Crippen LogP contribution in [0.3, 0.4) is 0 Å². The van der Waals surface area contributed by atoms with Gasteiger partial charge in [0, 0.05) is 19.2 Å². The van der Waals surface area contributed by atoms with E-state index < -0.39 is 22.1 Å². The third-order valence-electron chi connectivity index (χ3n) is 2.99. The standard InChI is InChI=1S/C10H15N3O5S/c14-10(15)8-2-1-5-13(7-8)19(16,17)12-6-9-3-4-11-18-9/h3-4,8,12H,1-2,5-7H2,(H,14,15). The molecule has 0 bridgehead atoms. The molecule has 19 heavy (non-hydrogen) atoms. The van der Waals surface area contributed by atoms with E-state index in [1.165, 1.54) is 6.20 Å². The second-order valence-corrected chi connectivity index (χ2v) is 6.10. The van der Waals surface area contributed by atoms with E-state index in [0.717, 1.165) is 4.31 Å². The lowest BCUT2D eigenvalue weighted by Gasteiger charge is -2.29. The van der Waals surface area contributed by atoms with Crippen LogP contribution in [-0.2, 0) is 21.5 Å². The zero-order valence-electron chi connectivity index (χ0n) is 10.2. The molecule has 0 amide bonds. The summed E-state index contributed by atoms with van der Waals surface area (Å²) in [6.45, 7) is 0.327. The van der Waals surface area contributed by atoms with Crippen LogP contribution in [0.2, 0.25) is 0 Å². The lowest BCUT2D eigenvalue weighted by Crippen LogP contribution is -2.47. The SMILES string of the molecule is O=C(O)C1CCCN(S(=O)(=O)NCc2ccno2)C1. The summed E-state index contributed by atoms with van der Waals surface area (Å²) in [7, 11) is -3.69. The number of hydrogen-bond donors (Lipinski definition) is 2. The third kappa shape index (κ3) is 3.52. The van der Waals surface area contributed by atoms with Crippen molar-refractivity contribution in [2.75, 3.05) is 13.1 Å². The van der Waals surface area contributed by atoms with Gasteiger partial charge in [-0.25, -0.2) is 0 Å². The van der Waals surface area contributed by atoms with Crippen LogP contribution in [-0.4, -0.2) is 42.0 Å². The van der Waals surface area contributed by atoms with Crippen molar-refractivity contribution in [3.05, 3.63) is 18.0 Å². The van der Waals surface area contributed by atoms with Crippen molar-refractivity contribution in [1.82, 2.24) is 14.2 Å². The number of carboxylic acids is 1. The molecule has 0 spiro atoms. The van der Waals surface area contributed by atoms with Crippen molar-refractivity contribution in [2.45, 2.75) is 19.4 Å². The Morgan fingerprint density at radius 1 is 1.63 bits per heavy atom. The molecular weight excluding hydrogens is 274 g/mol. The number of rotatable bonds is 5. The fourth-order valence-electron chi connectivity index (χ4n) is 1.95. The molecule has 1 fully saturated rings. The van der Waals surface area contributed by atoms with Gasteiger partial charge in [-0.05, 0) is 12.8 Å². The normalized spacial score (nSPS) is 21.4. The maximum Gasteiger partial charge on any atom is 0.307 e. The number of carbonyl (C=O) groups is 1. The quantitative estimate of drug-likeness (QED) is 0.776. The van der Waals surface area contributed by atoms with Gasteiger partial charge in [-0.15, -0.1) is 0 Å². The number of nitrogens with zero attached hydrogens (tertiary/aromatic N) is 2. The first kappa shape index (κ1) is 14.0. The van der Waals surface area contributed by atoms with Crippen molar-refractivity contribution in [2.24, 2.45) is 5.92 Å². The van der Waals surface area contributed by atoms with Crippen LogP contribution in [0.5, 0.6) is 0 Å². The Bertz CT molecular complexity index is 527. The Labute approximate surface area is 110 Å². The summed E-state index contributed by atoms with van der Waals surface area (Å²) in [6.07, 6.45) is 2.47. The number of aromatic nitrogens is 1. The Balaban J connectivity index is 1.96. The van der Waals surface area contributed by atoms with E-state index in [2.05, 4.69) is 9.88 Å². The van der Waals surface area contributed by atoms with Crippen LogP contribution in [0.25, 0.3) is 0 Å². The summed E-state index contributed by atoms with van der Waals surface area (Å²) in [4.78, 5) is 10.9. The lowest BCUT2D eigenvalue weighted by molar-refractivity contribution is -0.142. The number of aliphatic carboxylic acids is 1. The number of hydrogen-bond acceptors (Lipinski definition) is 5. The van der Waals surface area contributed by atoms with Crippen molar-refractivity contribution in [1.29, 1.82) is 0 Å². The van der Waals surface area contributed by atoms with Crippen molar-refractivity contribution >= 4 is 16.2 Å². The smallest absolute Gasteiger partial charge is 0.307 e. The van der Waals surface area contributed by atoms with Gasteiger partial charge in [0.15, 0.2) is 5.76 Å². The topological polar surface area (TPSA) is 113 Å². The van der Waals surface area contributed by atoms with Crippen molar-refractivity contribution in [3.63, 3.8) is 0 Å². The molecule has 1 saturated heterocycles. The second kappa shape index (κ2) is 5.68. The van der Waals surface area contributed by atoms with Gasteiger partial charge in [0.25, 0.3) is 10.2 Å². The minimum Gasteiger partial charge on any atom is -0.481 e. The molecule has 2 N–H and O–H groups in total. The van der Waals surface area contributed by atoms with Crippen LogP contribution in [0.15, 0.2) is 16.8 Å². The van der Waals surface area contributed by atoms with Gasteiger partial charge in [0.1, 0.15) is 0 Å². The van der Waals surface area contributed by atoms with Gasteiger partial charge in [0.2, 0.25) is 0 Å². The minimum atomic E-state index is -3.69.